The number of hydrogen-bond donors (Lipinski definition) is 0. The van der Waals surface area contributed by atoms with Crippen LogP contribution in [-0.2, 0) is 14.9 Å². The number of nitrogens with zero attached hydrogens (tertiary/aromatic N) is 2. The van der Waals surface area contributed by atoms with Gasteiger partial charge in [0.2, 0.25) is 0 Å². The summed E-state index contributed by atoms with van der Waals surface area (Å²) in [5.41, 5.74) is 1.62. The summed E-state index contributed by atoms with van der Waals surface area (Å²) in [5.74, 6) is -0.369. The minimum atomic E-state index is -0.748. The van der Waals surface area contributed by atoms with Gasteiger partial charge in [-0.1, -0.05) is 26.0 Å². The number of methoxy groups -OCH3 is 1. The Bertz CT molecular complexity index is 849. The molecule has 2 aliphatic carbocycles. The fourth-order valence-corrected chi connectivity index (χ4v) is 4.75. The molecular formula is C19H19FN2O2. The number of esters is 1. The summed E-state index contributed by atoms with van der Waals surface area (Å²) in [5, 5.41) is 8.61. The van der Waals surface area contributed by atoms with Crippen LogP contribution in [0.1, 0.15) is 43.9 Å². The second kappa shape index (κ2) is 4.85. The first kappa shape index (κ1) is 15.2. The molecule has 0 aliphatic heterocycles. The van der Waals surface area contributed by atoms with Crippen molar-refractivity contribution in [1.29, 1.82) is 0 Å². The van der Waals surface area contributed by atoms with Gasteiger partial charge in [0.25, 0.3) is 0 Å². The Labute approximate surface area is 140 Å². The summed E-state index contributed by atoms with van der Waals surface area (Å²) < 4.78 is 19.2. The van der Waals surface area contributed by atoms with Crippen LogP contribution in [-0.4, -0.2) is 23.3 Å². The van der Waals surface area contributed by atoms with Crippen molar-refractivity contribution in [1.82, 2.24) is 10.2 Å². The summed E-state index contributed by atoms with van der Waals surface area (Å²) >= 11 is 0. The van der Waals surface area contributed by atoms with Crippen molar-refractivity contribution in [3.63, 3.8) is 0 Å². The fourth-order valence-electron chi connectivity index (χ4n) is 4.75. The second-order valence-electron chi connectivity index (χ2n) is 7.22. The smallest absolute Gasteiger partial charge is 0.318 e. The molecule has 0 saturated heterocycles. The van der Waals surface area contributed by atoms with E-state index in [9.17, 15) is 9.18 Å². The fraction of sp³-hybridized carbons (Fsp3) is 0.421. The highest BCUT2D eigenvalue weighted by molar-refractivity contribution is 5.87. The zero-order valence-electron chi connectivity index (χ0n) is 14.0. The SMILES string of the molecule is COC(=O)[C@]12CC[C@H](c3cc(-c4ccccc4F)nnc31)C2(C)C. The summed E-state index contributed by atoms with van der Waals surface area (Å²) in [6, 6.07) is 8.43. The van der Waals surface area contributed by atoms with Gasteiger partial charge in [-0.25, -0.2) is 4.39 Å². The number of carbonyl (C=O) groups excluding carboxylic acids is 1. The molecule has 2 atom stereocenters. The van der Waals surface area contributed by atoms with Crippen LogP contribution in [0, 0.1) is 11.2 Å². The Kier molecular flexibility index (Phi) is 3.08. The zero-order chi connectivity index (χ0) is 17.1. The molecule has 0 unspecified atom stereocenters. The minimum Gasteiger partial charge on any atom is -0.468 e. The molecule has 0 spiro atoms. The van der Waals surface area contributed by atoms with Gasteiger partial charge in [0.1, 0.15) is 11.2 Å². The Morgan fingerprint density at radius 2 is 2.04 bits per heavy atom. The predicted octanol–water partition coefficient (Wildman–Crippen LogP) is 3.61. The Hall–Kier alpha value is -2.30. The molecule has 5 heteroatoms. The second-order valence-corrected chi connectivity index (χ2v) is 7.22. The molecule has 0 N–H and O–H groups in total. The first-order chi connectivity index (χ1) is 11.4. The molecule has 0 amide bonds. The van der Waals surface area contributed by atoms with Crippen molar-refractivity contribution in [2.45, 2.75) is 38.0 Å². The molecule has 1 saturated carbocycles. The van der Waals surface area contributed by atoms with Crippen LogP contribution >= 0.6 is 0 Å². The van der Waals surface area contributed by atoms with Crippen LogP contribution in [0.15, 0.2) is 30.3 Å². The third-order valence-electron chi connectivity index (χ3n) is 6.07. The van der Waals surface area contributed by atoms with E-state index in [4.69, 9.17) is 4.74 Å². The van der Waals surface area contributed by atoms with Gasteiger partial charge in [-0.15, -0.1) is 0 Å². The largest absolute Gasteiger partial charge is 0.468 e. The third kappa shape index (κ3) is 1.65. The highest BCUT2D eigenvalue weighted by Crippen LogP contribution is 2.67. The molecule has 4 rings (SSSR count). The van der Waals surface area contributed by atoms with Crippen molar-refractivity contribution in [2.24, 2.45) is 5.41 Å². The van der Waals surface area contributed by atoms with Crippen molar-refractivity contribution >= 4 is 5.97 Å². The van der Waals surface area contributed by atoms with Gasteiger partial charge < -0.3 is 4.74 Å². The van der Waals surface area contributed by atoms with E-state index in [0.29, 0.717) is 17.0 Å². The average molecular weight is 326 g/mol. The number of fused-ring (bicyclic) bond motifs is 5. The van der Waals surface area contributed by atoms with Crippen molar-refractivity contribution in [3.8, 4) is 11.3 Å². The maximum absolute atomic E-state index is 14.1. The standard InChI is InChI=1S/C19H19FN2O2/c1-18(2)13-8-9-19(18,17(23)24-3)16-12(13)10-15(21-22-16)11-6-4-5-7-14(11)20/h4-7,10,13H,8-9H2,1-3H3/t13-,19+/m1/s1. The topological polar surface area (TPSA) is 52.1 Å². The highest BCUT2D eigenvalue weighted by Gasteiger charge is 2.68. The molecule has 4 nitrogen and oxygen atoms in total. The van der Waals surface area contributed by atoms with Crippen LogP contribution < -0.4 is 0 Å². The molecule has 2 bridgehead atoms. The van der Waals surface area contributed by atoms with Gasteiger partial charge in [-0.2, -0.15) is 10.2 Å². The monoisotopic (exact) mass is 326 g/mol. The van der Waals surface area contributed by atoms with Gasteiger partial charge in [0.15, 0.2) is 0 Å². The number of benzene rings is 1. The third-order valence-corrected chi connectivity index (χ3v) is 6.07. The van der Waals surface area contributed by atoms with Crippen LogP contribution in [0.25, 0.3) is 11.3 Å². The minimum absolute atomic E-state index is 0.202. The van der Waals surface area contributed by atoms with E-state index in [1.54, 1.807) is 18.2 Å². The van der Waals surface area contributed by atoms with Crippen molar-refractivity contribution in [3.05, 3.63) is 47.4 Å². The number of ether oxygens (including phenoxy) is 1. The lowest BCUT2D eigenvalue weighted by Gasteiger charge is -2.34. The van der Waals surface area contributed by atoms with Gasteiger partial charge >= 0.3 is 5.97 Å². The molecule has 124 valence electrons. The molecular weight excluding hydrogens is 307 g/mol. The van der Waals surface area contributed by atoms with Gasteiger partial charge in [0, 0.05) is 5.56 Å². The van der Waals surface area contributed by atoms with E-state index in [-0.39, 0.29) is 23.1 Å². The lowest BCUT2D eigenvalue weighted by Crippen LogP contribution is -2.44. The van der Waals surface area contributed by atoms with E-state index in [1.165, 1.54) is 13.2 Å². The molecule has 1 heterocycles. The number of halogens is 1. The number of aromatic nitrogens is 2. The predicted molar refractivity (Wildman–Crippen MR) is 86.9 cm³/mol. The van der Waals surface area contributed by atoms with E-state index < -0.39 is 5.41 Å². The molecule has 1 aromatic heterocycles. The molecule has 24 heavy (non-hydrogen) atoms. The number of rotatable bonds is 2. The Morgan fingerprint density at radius 3 is 2.75 bits per heavy atom. The Balaban J connectivity index is 1.91. The summed E-state index contributed by atoms with van der Waals surface area (Å²) in [6.45, 7) is 4.18. The molecule has 1 aromatic carbocycles. The van der Waals surface area contributed by atoms with Gasteiger partial charge in [-0.05, 0) is 47.9 Å². The van der Waals surface area contributed by atoms with Crippen LogP contribution in [0.4, 0.5) is 4.39 Å². The summed E-state index contributed by atoms with van der Waals surface area (Å²) in [7, 11) is 1.42. The van der Waals surface area contributed by atoms with E-state index in [2.05, 4.69) is 24.0 Å². The first-order valence-corrected chi connectivity index (χ1v) is 8.15. The van der Waals surface area contributed by atoms with Gasteiger partial charge in [-0.3, -0.25) is 4.79 Å². The molecule has 2 aromatic rings. The quantitative estimate of drug-likeness (QED) is 0.791. The van der Waals surface area contributed by atoms with Crippen molar-refractivity contribution < 1.29 is 13.9 Å². The van der Waals surface area contributed by atoms with E-state index >= 15 is 0 Å². The van der Waals surface area contributed by atoms with E-state index in [1.807, 2.05) is 6.07 Å². The number of hydrogen-bond acceptors (Lipinski definition) is 4. The maximum atomic E-state index is 14.1. The number of carbonyl (C=O) groups is 1. The zero-order valence-corrected chi connectivity index (χ0v) is 14.0. The lowest BCUT2D eigenvalue weighted by atomic mass is 9.68. The van der Waals surface area contributed by atoms with Crippen molar-refractivity contribution in [2.75, 3.05) is 7.11 Å². The highest BCUT2D eigenvalue weighted by atomic mass is 19.1. The van der Waals surface area contributed by atoms with Crippen LogP contribution in [0.3, 0.4) is 0 Å². The normalized spacial score (nSPS) is 26.2. The average Bonchev–Trinajstić information content (AvgIpc) is 2.96. The Morgan fingerprint density at radius 1 is 1.29 bits per heavy atom. The molecule has 1 fully saturated rings. The van der Waals surface area contributed by atoms with Crippen LogP contribution in [0.2, 0.25) is 0 Å². The van der Waals surface area contributed by atoms with Gasteiger partial charge in [0.05, 0.1) is 18.5 Å². The van der Waals surface area contributed by atoms with E-state index in [0.717, 1.165) is 18.4 Å². The molecule has 0 radical (unpaired) electrons. The molecule has 2 aliphatic rings. The lowest BCUT2D eigenvalue weighted by molar-refractivity contribution is -0.151. The van der Waals surface area contributed by atoms with Crippen LogP contribution in [0.5, 0.6) is 0 Å². The first-order valence-electron chi connectivity index (χ1n) is 8.15. The summed E-state index contributed by atoms with van der Waals surface area (Å²) in [4.78, 5) is 12.6. The maximum Gasteiger partial charge on any atom is 0.318 e. The summed E-state index contributed by atoms with van der Waals surface area (Å²) in [6.07, 6.45) is 1.62.